The van der Waals surface area contributed by atoms with Crippen LogP contribution in [-0.4, -0.2) is 46.3 Å². The summed E-state index contributed by atoms with van der Waals surface area (Å²) >= 11 is 0. The van der Waals surface area contributed by atoms with Crippen molar-refractivity contribution in [2.75, 3.05) is 13.2 Å². The van der Waals surface area contributed by atoms with Crippen LogP contribution in [0.4, 0.5) is 0 Å². The minimum Gasteiger partial charge on any atom is -0.498 e. The molecule has 3 N–H and O–H groups in total. The van der Waals surface area contributed by atoms with E-state index in [-0.39, 0.29) is 13.0 Å². The lowest BCUT2D eigenvalue weighted by Crippen LogP contribution is -2.27. The molecule has 0 radical (unpaired) electrons. The summed E-state index contributed by atoms with van der Waals surface area (Å²) in [7, 11) is -4.72. The number of aliphatic hydroxyl groups is 1. The minimum atomic E-state index is -4.72. The van der Waals surface area contributed by atoms with Crippen molar-refractivity contribution in [1.82, 2.24) is 0 Å². The molecule has 2 atom stereocenters. The summed E-state index contributed by atoms with van der Waals surface area (Å²) in [6, 6.07) is 0. The fraction of sp³-hybridized carbons (Fsp3) is 0.769. The zero-order chi connectivity index (χ0) is 35.4. The van der Waals surface area contributed by atoms with Gasteiger partial charge in [0.05, 0.1) is 19.0 Å². The van der Waals surface area contributed by atoms with Crippen molar-refractivity contribution < 1.29 is 38.3 Å². The Hall–Kier alpha value is -1.70. The average Bonchev–Trinajstić information content (AvgIpc) is 3.05. The molecular weight excluding hydrogens is 627 g/mol. The van der Waals surface area contributed by atoms with E-state index in [1.165, 1.54) is 109 Å². The van der Waals surface area contributed by atoms with Gasteiger partial charge >= 0.3 is 13.8 Å². The second-order valence-corrected chi connectivity index (χ2v) is 14.1. The maximum Gasteiger partial charge on any atom is 0.469 e. The normalized spacial score (nSPS) is 13.8. The number of unbranched alkanes of at least 4 members (excludes halogenated alkanes) is 18. The van der Waals surface area contributed by atoms with Gasteiger partial charge in [0.15, 0.2) is 6.10 Å². The number of aliphatic hydroxyl groups excluding tert-OH is 1. The van der Waals surface area contributed by atoms with Crippen molar-refractivity contribution in [1.29, 1.82) is 0 Å². The first-order chi connectivity index (χ1) is 23.3. The predicted octanol–water partition coefficient (Wildman–Crippen LogP) is 11.0. The molecule has 0 aliphatic carbocycles. The molecule has 0 amide bonds. The molecule has 0 aromatic heterocycles. The van der Waals surface area contributed by atoms with Crippen LogP contribution in [0.1, 0.15) is 168 Å². The molecular formula is C39H71O8P. The highest BCUT2D eigenvalue weighted by atomic mass is 31.2. The lowest BCUT2D eigenvalue weighted by Gasteiger charge is -2.18. The first kappa shape index (κ1) is 46.3. The van der Waals surface area contributed by atoms with E-state index in [2.05, 4.69) is 30.5 Å². The molecule has 0 aliphatic rings. The molecule has 0 aromatic rings. The van der Waals surface area contributed by atoms with Crippen molar-refractivity contribution in [3.63, 3.8) is 0 Å². The lowest BCUT2D eigenvalue weighted by molar-refractivity contribution is -0.153. The topological polar surface area (TPSA) is 123 Å². The molecule has 8 nitrogen and oxygen atoms in total. The van der Waals surface area contributed by atoms with Crippen LogP contribution in [0.5, 0.6) is 0 Å². The molecule has 0 saturated heterocycles. The summed E-state index contributed by atoms with van der Waals surface area (Å²) in [5.74, 6) is -0.540. The number of rotatable bonds is 35. The van der Waals surface area contributed by atoms with Crippen LogP contribution in [0.3, 0.4) is 0 Å². The number of carbonyl (C=O) groups is 1. The Morgan fingerprint density at radius 1 is 0.667 bits per heavy atom. The van der Waals surface area contributed by atoms with E-state index in [1.807, 2.05) is 24.3 Å². The van der Waals surface area contributed by atoms with E-state index < -0.39 is 32.6 Å². The highest BCUT2D eigenvalue weighted by molar-refractivity contribution is 7.46. The van der Waals surface area contributed by atoms with Crippen LogP contribution < -0.4 is 0 Å². The van der Waals surface area contributed by atoms with E-state index >= 15 is 0 Å². The van der Waals surface area contributed by atoms with Crippen molar-refractivity contribution in [2.45, 2.75) is 180 Å². The molecule has 1 unspecified atom stereocenters. The Labute approximate surface area is 293 Å². The molecule has 0 heterocycles. The van der Waals surface area contributed by atoms with Gasteiger partial charge in [-0.1, -0.05) is 153 Å². The minimum absolute atomic E-state index is 0.0609. The van der Waals surface area contributed by atoms with Crippen molar-refractivity contribution in [3.8, 4) is 0 Å². The molecule has 0 spiro atoms. The standard InChI is InChI=1S/C39H71O8P/c1-3-5-7-9-11-13-15-17-19-21-23-25-27-29-34-45-35-38(36-46-48(42,43)44)47-39(41)33-30-32-37(40)31-28-26-24-22-20-18-16-14-12-10-8-6-4-2/h18,20,24,26,28-29,31,34,37-38,40H,3-17,19,21-23,25,27,30,32-33,35-36H2,1-2H3,(H2,42,43,44)/b20-18+,26-24+,31-28+,34-29+/t37?,38-/m1/s1. The van der Waals surface area contributed by atoms with Crippen LogP contribution in [0.15, 0.2) is 48.8 Å². The summed E-state index contributed by atoms with van der Waals surface area (Å²) < 4.78 is 26.5. The van der Waals surface area contributed by atoms with Gasteiger partial charge in [0.2, 0.25) is 0 Å². The van der Waals surface area contributed by atoms with Gasteiger partial charge in [-0.25, -0.2) is 4.57 Å². The van der Waals surface area contributed by atoms with Crippen LogP contribution in [0.2, 0.25) is 0 Å². The molecule has 280 valence electrons. The zero-order valence-electron chi connectivity index (χ0n) is 30.5. The Bertz CT molecular complexity index is 879. The molecule has 0 aliphatic heterocycles. The van der Waals surface area contributed by atoms with Crippen LogP contribution in [0, 0.1) is 0 Å². The number of allylic oxidation sites excluding steroid dienone is 6. The van der Waals surface area contributed by atoms with Gasteiger partial charge in [0.1, 0.15) is 6.61 Å². The Balaban J connectivity index is 4.10. The summed E-state index contributed by atoms with van der Waals surface area (Å²) in [6.45, 7) is 3.93. The highest BCUT2D eigenvalue weighted by Gasteiger charge is 2.21. The third-order valence-corrected chi connectivity index (χ3v) is 8.54. The van der Waals surface area contributed by atoms with Gasteiger partial charge in [0, 0.05) is 6.42 Å². The summed E-state index contributed by atoms with van der Waals surface area (Å²) in [5, 5.41) is 10.2. The van der Waals surface area contributed by atoms with E-state index in [4.69, 9.17) is 19.3 Å². The van der Waals surface area contributed by atoms with Crippen LogP contribution in [-0.2, 0) is 23.4 Å². The Morgan fingerprint density at radius 3 is 1.77 bits per heavy atom. The number of phosphoric ester groups is 1. The third-order valence-electron chi connectivity index (χ3n) is 8.05. The number of carbonyl (C=O) groups excluding carboxylic acids is 1. The summed E-state index contributed by atoms with van der Waals surface area (Å²) in [6.07, 6.45) is 40.8. The molecule has 0 rings (SSSR count). The van der Waals surface area contributed by atoms with Gasteiger partial charge in [-0.2, -0.15) is 0 Å². The Kier molecular flexibility index (Phi) is 33.9. The van der Waals surface area contributed by atoms with E-state index in [0.717, 1.165) is 25.7 Å². The van der Waals surface area contributed by atoms with Gasteiger partial charge in [-0.3, -0.25) is 9.32 Å². The summed E-state index contributed by atoms with van der Waals surface area (Å²) in [4.78, 5) is 30.5. The maximum atomic E-state index is 12.4. The van der Waals surface area contributed by atoms with Gasteiger partial charge < -0.3 is 24.4 Å². The SMILES string of the molecule is CCCCCCCC/C=C/C/C=C/C=C/C(O)CCCC(=O)O[C@H](CO/C=C/CCCCCCCCCCCCCC)COP(=O)(O)O. The van der Waals surface area contributed by atoms with Crippen LogP contribution >= 0.6 is 7.82 Å². The maximum absolute atomic E-state index is 12.4. The van der Waals surface area contributed by atoms with Gasteiger partial charge in [0.25, 0.3) is 0 Å². The molecule has 9 heteroatoms. The van der Waals surface area contributed by atoms with E-state index in [9.17, 15) is 14.5 Å². The quantitative estimate of drug-likeness (QED) is 0.0149. The fourth-order valence-corrected chi connectivity index (χ4v) is 5.54. The molecule has 0 aromatic carbocycles. The van der Waals surface area contributed by atoms with Gasteiger partial charge in [-0.05, 0) is 51.0 Å². The molecule has 0 fully saturated rings. The highest BCUT2D eigenvalue weighted by Crippen LogP contribution is 2.35. The number of hydrogen-bond acceptors (Lipinski definition) is 6. The molecule has 48 heavy (non-hydrogen) atoms. The second kappa shape index (κ2) is 35.1. The van der Waals surface area contributed by atoms with Gasteiger partial charge in [-0.15, -0.1) is 0 Å². The first-order valence-electron chi connectivity index (χ1n) is 19.1. The largest absolute Gasteiger partial charge is 0.498 e. The number of hydrogen-bond donors (Lipinski definition) is 3. The van der Waals surface area contributed by atoms with Crippen molar-refractivity contribution >= 4 is 13.8 Å². The lowest BCUT2D eigenvalue weighted by atomic mass is 10.0. The number of esters is 1. The zero-order valence-corrected chi connectivity index (χ0v) is 31.4. The predicted molar refractivity (Wildman–Crippen MR) is 199 cm³/mol. The fourth-order valence-electron chi connectivity index (χ4n) is 5.18. The second-order valence-electron chi connectivity index (χ2n) is 12.8. The van der Waals surface area contributed by atoms with E-state index in [1.54, 1.807) is 12.3 Å². The molecule has 0 saturated carbocycles. The van der Waals surface area contributed by atoms with Crippen molar-refractivity contribution in [3.05, 3.63) is 48.8 Å². The van der Waals surface area contributed by atoms with Crippen LogP contribution in [0.25, 0.3) is 0 Å². The first-order valence-corrected chi connectivity index (χ1v) is 20.6. The third kappa shape index (κ3) is 37.1. The number of phosphoric acid groups is 1. The summed E-state index contributed by atoms with van der Waals surface area (Å²) in [5.41, 5.74) is 0. The molecule has 0 bridgehead atoms. The van der Waals surface area contributed by atoms with Crippen molar-refractivity contribution in [2.24, 2.45) is 0 Å². The number of ether oxygens (including phenoxy) is 2. The smallest absolute Gasteiger partial charge is 0.469 e. The Morgan fingerprint density at radius 2 is 1.21 bits per heavy atom. The average molecular weight is 699 g/mol. The van der Waals surface area contributed by atoms with E-state index in [0.29, 0.717) is 12.8 Å². The monoisotopic (exact) mass is 698 g/mol.